The van der Waals surface area contributed by atoms with Crippen molar-refractivity contribution in [1.29, 1.82) is 0 Å². The Morgan fingerprint density at radius 1 is 1.11 bits per heavy atom. The summed E-state index contributed by atoms with van der Waals surface area (Å²) in [5.41, 5.74) is 3.78. The van der Waals surface area contributed by atoms with E-state index in [0.29, 0.717) is 0 Å². The van der Waals surface area contributed by atoms with E-state index in [-0.39, 0.29) is 0 Å². The summed E-state index contributed by atoms with van der Waals surface area (Å²) < 4.78 is 0. The molecule has 0 amide bonds. The zero-order chi connectivity index (χ0) is 12.4. The summed E-state index contributed by atoms with van der Waals surface area (Å²) in [5.74, 6) is 1.17. The average molecular weight is 243 g/mol. The minimum atomic E-state index is 0.988. The average Bonchev–Trinajstić information content (AvgIpc) is 2.93. The molecule has 1 aromatic rings. The molecule has 0 N–H and O–H groups in total. The molecule has 0 spiro atoms. The van der Waals surface area contributed by atoms with Crippen LogP contribution in [0.15, 0.2) is 17.3 Å². The Balaban J connectivity index is 1.86. The lowest BCUT2D eigenvalue weighted by atomic mass is 10.0. The van der Waals surface area contributed by atoms with Crippen molar-refractivity contribution in [2.45, 2.75) is 39.0 Å². The number of aliphatic imine (C=N–C) groups is 1. The van der Waals surface area contributed by atoms with Crippen molar-refractivity contribution in [2.75, 3.05) is 24.5 Å². The van der Waals surface area contributed by atoms with E-state index in [1.165, 1.54) is 48.3 Å². The van der Waals surface area contributed by atoms with Crippen molar-refractivity contribution >= 4 is 11.5 Å². The van der Waals surface area contributed by atoms with Gasteiger partial charge in [-0.3, -0.25) is 4.99 Å². The lowest BCUT2D eigenvalue weighted by Gasteiger charge is -2.20. The summed E-state index contributed by atoms with van der Waals surface area (Å²) in [6.45, 7) is 5.48. The number of anilines is 1. The number of pyridine rings is 1. The van der Waals surface area contributed by atoms with Crippen LogP contribution in [0.2, 0.25) is 0 Å². The zero-order valence-electron chi connectivity index (χ0n) is 11.2. The van der Waals surface area contributed by atoms with Crippen LogP contribution in [0.1, 0.15) is 43.2 Å². The second kappa shape index (κ2) is 5.09. The zero-order valence-corrected chi connectivity index (χ0v) is 11.2. The van der Waals surface area contributed by atoms with Gasteiger partial charge < -0.3 is 4.90 Å². The molecule has 1 aromatic heterocycles. The fourth-order valence-corrected chi connectivity index (χ4v) is 2.92. The molecule has 3 nitrogen and oxygen atoms in total. The van der Waals surface area contributed by atoms with Gasteiger partial charge in [-0.2, -0.15) is 0 Å². The molecule has 3 rings (SSSR count). The van der Waals surface area contributed by atoms with Gasteiger partial charge in [-0.05, 0) is 50.7 Å². The number of rotatable bonds is 2. The fourth-order valence-electron chi connectivity index (χ4n) is 2.92. The molecule has 0 aliphatic carbocycles. The number of nitrogens with zero attached hydrogens (tertiary/aromatic N) is 3. The van der Waals surface area contributed by atoms with E-state index in [1.54, 1.807) is 0 Å². The Hall–Kier alpha value is -1.38. The third kappa shape index (κ3) is 2.26. The van der Waals surface area contributed by atoms with E-state index >= 15 is 0 Å². The predicted octanol–water partition coefficient (Wildman–Crippen LogP) is 2.96. The summed E-state index contributed by atoms with van der Waals surface area (Å²) >= 11 is 0. The lowest BCUT2D eigenvalue weighted by Crippen LogP contribution is -2.20. The van der Waals surface area contributed by atoms with Gasteiger partial charge in [0.2, 0.25) is 0 Å². The van der Waals surface area contributed by atoms with E-state index in [0.717, 1.165) is 26.1 Å². The molecule has 0 aromatic carbocycles. The Bertz CT molecular complexity index is 459. The molecule has 3 heteroatoms. The van der Waals surface area contributed by atoms with Gasteiger partial charge in [0.15, 0.2) is 0 Å². The van der Waals surface area contributed by atoms with Crippen LogP contribution in [0.3, 0.4) is 0 Å². The van der Waals surface area contributed by atoms with Crippen LogP contribution in [0.5, 0.6) is 0 Å². The van der Waals surface area contributed by atoms with Crippen LogP contribution >= 0.6 is 0 Å². The predicted molar refractivity (Wildman–Crippen MR) is 75.7 cm³/mol. The Kier molecular flexibility index (Phi) is 3.31. The van der Waals surface area contributed by atoms with Crippen molar-refractivity contribution in [1.82, 2.24) is 4.98 Å². The minimum absolute atomic E-state index is 0.988. The molecule has 18 heavy (non-hydrogen) atoms. The third-order valence-electron chi connectivity index (χ3n) is 3.91. The second-order valence-corrected chi connectivity index (χ2v) is 5.34. The maximum absolute atomic E-state index is 4.68. The van der Waals surface area contributed by atoms with E-state index in [9.17, 15) is 0 Å². The van der Waals surface area contributed by atoms with Crippen molar-refractivity contribution in [3.8, 4) is 0 Å². The number of aryl methyl sites for hydroxylation is 1. The van der Waals surface area contributed by atoms with Gasteiger partial charge >= 0.3 is 0 Å². The van der Waals surface area contributed by atoms with Crippen molar-refractivity contribution in [2.24, 2.45) is 4.99 Å². The molecular weight excluding hydrogens is 222 g/mol. The first kappa shape index (κ1) is 11.7. The largest absolute Gasteiger partial charge is 0.356 e. The molecule has 0 unspecified atom stereocenters. The third-order valence-corrected chi connectivity index (χ3v) is 3.91. The normalized spacial score (nSPS) is 20.1. The highest BCUT2D eigenvalue weighted by Gasteiger charge is 2.17. The molecule has 0 radical (unpaired) electrons. The SMILES string of the molecule is Cc1cc(C2=NCCCC2)cnc1N1CCCC1. The first-order valence-corrected chi connectivity index (χ1v) is 7.10. The number of hydrogen-bond acceptors (Lipinski definition) is 3. The van der Waals surface area contributed by atoms with Crippen LogP contribution in [0.4, 0.5) is 5.82 Å². The molecule has 1 fully saturated rings. The van der Waals surface area contributed by atoms with Crippen LogP contribution < -0.4 is 4.90 Å². The Morgan fingerprint density at radius 2 is 1.94 bits per heavy atom. The summed E-state index contributed by atoms with van der Waals surface area (Å²) in [5, 5.41) is 0. The Labute approximate surface area is 109 Å². The first-order chi connectivity index (χ1) is 8.84. The monoisotopic (exact) mass is 243 g/mol. The second-order valence-electron chi connectivity index (χ2n) is 5.34. The van der Waals surface area contributed by atoms with Gasteiger partial charge in [-0.15, -0.1) is 0 Å². The highest BCUT2D eigenvalue weighted by Crippen LogP contribution is 2.23. The molecule has 0 saturated carbocycles. The molecule has 0 bridgehead atoms. The quantitative estimate of drug-likeness (QED) is 0.799. The van der Waals surface area contributed by atoms with Crippen molar-refractivity contribution in [3.63, 3.8) is 0 Å². The lowest BCUT2D eigenvalue weighted by molar-refractivity contribution is 0.738. The highest BCUT2D eigenvalue weighted by molar-refractivity contribution is 6.01. The van der Waals surface area contributed by atoms with Crippen molar-refractivity contribution in [3.05, 3.63) is 23.4 Å². The van der Waals surface area contributed by atoms with E-state index in [4.69, 9.17) is 0 Å². The molecule has 0 atom stereocenters. The smallest absolute Gasteiger partial charge is 0.131 e. The molecule has 3 heterocycles. The van der Waals surface area contributed by atoms with E-state index in [1.807, 2.05) is 6.20 Å². The summed E-state index contributed by atoms with van der Waals surface area (Å²) in [4.78, 5) is 11.7. The van der Waals surface area contributed by atoms with E-state index in [2.05, 4.69) is 27.9 Å². The van der Waals surface area contributed by atoms with E-state index < -0.39 is 0 Å². The first-order valence-electron chi connectivity index (χ1n) is 7.10. The fraction of sp³-hybridized carbons (Fsp3) is 0.600. The van der Waals surface area contributed by atoms with Crippen LogP contribution in [-0.4, -0.2) is 30.3 Å². The maximum Gasteiger partial charge on any atom is 0.131 e. The molecule has 2 aliphatic rings. The van der Waals surface area contributed by atoms with Gasteiger partial charge in [0, 0.05) is 37.1 Å². The van der Waals surface area contributed by atoms with Crippen LogP contribution in [0, 0.1) is 6.92 Å². The molecule has 96 valence electrons. The molecular formula is C15H21N3. The maximum atomic E-state index is 4.68. The van der Waals surface area contributed by atoms with Gasteiger partial charge in [-0.1, -0.05) is 0 Å². The Morgan fingerprint density at radius 3 is 2.61 bits per heavy atom. The highest BCUT2D eigenvalue weighted by atomic mass is 15.2. The topological polar surface area (TPSA) is 28.5 Å². The van der Waals surface area contributed by atoms with Crippen molar-refractivity contribution < 1.29 is 0 Å². The summed E-state index contributed by atoms with van der Waals surface area (Å²) in [6, 6.07) is 2.27. The summed E-state index contributed by atoms with van der Waals surface area (Å²) in [6.07, 6.45) is 8.24. The van der Waals surface area contributed by atoms with Crippen LogP contribution in [0.25, 0.3) is 0 Å². The van der Waals surface area contributed by atoms with Gasteiger partial charge in [0.1, 0.15) is 5.82 Å². The molecule has 1 saturated heterocycles. The summed E-state index contributed by atoms with van der Waals surface area (Å²) in [7, 11) is 0. The van der Waals surface area contributed by atoms with Crippen LogP contribution in [-0.2, 0) is 0 Å². The van der Waals surface area contributed by atoms with Gasteiger partial charge in [-0.25, -0.2) is 4.98 Å². The minimum Gasteiger partial charge on any atom is -0.356 e. The number of hydrogen-bond donors (Lipinski definition) is 0. The number of aromatic nitrogens is 1. The van der Waals surface area contributed by atoms with Gasteiger partial charge in [0.05, 0.1) is 0 Å². The molecule has 2 aliphatic heterocycles. The van der Waals surface area contributed by atoms with Gasteiger partial charge in [0.25, 0.3) is 0 Å². The standard InChI is InChI=1S/C15H21N3/c1-12-10-13(14-6-2-3-7-16-14)11-17-15(12)18-8-4-5-9-18/h10-11H,2-9H2,1H3.